The molecule has 0 aromatic heterocycles. The first-order chi connectivity index (χ1) is 8.97. The van der Waals surface area contributed by atoms with Gasteiger partial charge < -0.3 is 14.7 Å². The Kier molecular flexibility index (Phi) is 8.27. The molecule has 0 aliphatic carbocycles. The van der Waals surface area contributed by atoms with Crippen LogP contribution in [0.3, 0.4) is 0 Å². The Morgan fingerprint density at radius 3 is 2.26 bits per heavy atom. The second-order valence-electron chi connectivity index (χ2n) is 3.32. The van der Waals surface area contributed by atoms with Gasteiger partial charge in [0.25, 0.3) is 0 Å². The zero-order chi connectivity index (χ0) is 14.7. The van der Waals surface area contributed by atoms with E-state index in [1.807, 2.05) is 18.2 Å². The Morgan fingerprint density at radius 2 is 1.84 bits per heavy atom. The van der Waals surface area contributed by atoms with Crippen molar-refractivity contribution in [3.05, 3.63) is 42.5 Å². The SMILES string of the molecule is C=C(C)C(=O)O.CCOC(=O)NOc1ccccc1. The van der Waals surface area contributed by atoms with Crippen molar-refractivity contribution in [2.45, 2.75) is 13.8 Å². The van der Waals surface area contributed by atoms with Crippen molar-refractivity contribution in [3.63, 3.8) is 0 Å². The summed E-state index contributed by atoms with van der Waals surface area (Å²) in [7, 11) is 0. The van der Waals surface area contributed by atoms with E-state index >= 15 is 0 Å². The number of hydroxylamine groups is 1. The van der Waals surface area contributed by atoms with Gasteiger partial charge in [-0.2, -0.15) is 5.48 Å². The third-order valence-corrected chi connectivity index (χ3v) is 1.64. The van der Waals surface area contributed by atoms with E-state index in [0.717, 1.165) is 0 Å². The third-order valence-electron chi connectivity index (χ3n) is 1.64. The summed E-state index contributed by atoms with van der Waals surface area (Å²) in [5.41, 5.74) is 2.31. The zero-order valence-corrected chi connectivity index (χ0v) is 10.9. The number of nitrogens with one attached hydrogen (secondary N) is 1. The number of rotatable bonds is 4. The Bertz CT molecular complexity index is 404. The minimum atomic E-state index is -0.935. The lowest BCUT2D eigenvalue weighted by molar-refractivity contribution is -0.132. The first-order valence-corrected chi connectivity index (χ1v) is 5.50. The van der Waals surface area contributed by atoms with Crippen LogP contribution in [0.15, 0.2) is 42.5 Å². The molecule has 0 saturated heterocycles. The highest BCUT2D eigenvalue weighted by molar-refractivity contribution is 5.84. The maximum absolute atomic E-state index is 10.8. The van der Waals surface area contributed by atoms with Crippen LogP contribution in [0.5, 0.6) is 5.75 Å². The van der Waals surface area contributed by atoms with Crippen LogP contribution in [0.25, 0.3) is 0 Å². The average Bonchev–Trinajstić information content (AvgIpc) is 2.38. The third kappa shape index (κ3) is 9.22. The fraction of sp³-hybridized carbons (Fsp3) is 0.231. The molecular formula is C13H17NO5. The molecule has 0 saturated carbocycles. The number of carboxylic acids is 1. The molecule has 0 atom stereocenters. The molecule has 0 spiro atoms. The first-order valence-electron chi connectivity index (χ1n) is 5.50. The fourth-order valence-electron chi connectivity index (χ4n) is 0.750. The van der Waals surface area contributed by atoms with Gasteiger partial charge in [-0.05, 0) is 26.0 Å². The van der Waals surface area contributed by atoms with Gasteiger partial charge in [0.1, 0.15) is 0 Å². The highest BCUT2D eigenvalue weighted by Gasteiger charge is 1.99. The van der Waals surface area contributed by atoms with Crippen LogP contribution in [0.4, 0.5) is 4.79 Å². The fourth-order valence-corrected chi connectivity index (χ4v) is 0.750. The Morgan fingerprint density at radius 1 is 1.32 bits per heavy atom. The van der Waals surface area contributed by atoms with Gasteiger partial charge in [-0.15, -0.1) is 0 Å². The number of ether oxygens (including phenoxy) is 1. The highest BCUT2D eigenvalue weighted by Crippen LogP contribution is 2.06. The topological polar surface area (TPSA) is 84.9 Å². The van der Waals surface area contributed by atoms with Gasteiger partial charge in [0.2, 0.25) is 0 Å². The predicted molar refractivity (Wildman–Crippen MR) is 69.7 cm³/mol. The van der Waals surface area contributed by atoms with Crippen molar-refractivity contribution < 1.29 is 24.3 Å². The number of carbonyl (C=O) groups excluding carboxylic acids is 1. The minimum absolute atomic E-state index is 0.176. The molecule has 1 aromatic carbocycles. The lowest BCUT2D eigenvalue weighted by Gasteiger charge is -2.05. The van der Waals surface area contributed by atoms with E-state index < -0.39 is 12.1 Å². The van der Waals surface area contributed by atoms with Gasteiger partial charge in [-0.25, -0.2) is 9.59 Å². The van der Waals surface area contributed by atoms with E-state index in [1.54, 1.807) is 19.1 Å². The van der Waals surface area contributed by atoms with Crippen molar-refractivity contribution in [1.82, 2.24) is 5.48 Å². The van der Waals surface area contributed by atoms with Gasteiger partial charge in [0.15, 0.2) is 5.75 Å². The van der Waals surface area contributed by atoms with Crippen LogP contribution in [0.2, 0.25) is 0 Å². The Balaban J connectivity index is 0.000000459. The van der Waals surface area contributed by atoms with Crippen LogP contribution in [0.1, 0.15) is 13.8 Å². The smallest absolute Gasteiger partial charge is 0.440 e. The van der Waals surface area contributed by atoms with Gasteiger partial charge >= 0.3 is 12.1 Å². The summed E-state index contributed by atoms with van der Waals surface area (Å²) >= 11 is 0. The maximum atomic E-state index is 10.8. The largest absolute Gasteiger partial charge is 0.478 e. The van der Waals surface area contributed by atoms with E-state index in [0.29, 0.717) is 12.4 Å². The lowest BCUT2D eigenvalue weighted by Crippen LogP contribution is -2.27. The van der Waals surface area contributed by atoms with Crippen molar-refractivity contribution in [1.29, 1.82) is 0 Å². The van der Waals surface area contributed by atoms with Gasteiger partial charge in [0, 0.05) is 5.57 Å². The molecule has 1 aromatic rings. The second-order valence-corrected chi connectivity index (χ2v) is 3.32. The van der Waals surface area contributed by atoms with Crippen LogP contribution in [0, 0.1) is 0 Å². The molecule has 0 fully saturated rings. The summed E-state index contributed by atoms with van der Waals surface area (Å²) < 4.78 is 4.59. The minimum Gasteiger partial charge on any atom is -0.478 e. The van der Waals surface area contributed by atoms with E-state index in [1.165, 1.54) is 6.92 Å². The highest BCUT2D eigenvalue weighted by atomic mass is 16.7. The molecule has 104 valence electrons. The number of benzene rings is 1. The first kappa shape index (κ1) is 16.5. The molecular weight excluding hydrogens is 250 g/mol. The number of hydrogen-bond acceptors (Lipinski definition) is 4. The zero-order valence-electron chi connectivity index (χ0n) is 10.9. The molecule has 19 heavy (non-hydrogen) atoms. The summed E-state index contributed by atoms with van der Waals surface area (Å²) in [4.78, 5) is 25.3. The summed E-state index contributed by atoms with van der Waals surface area (Å²) in [6.45, 7) is 6.65. The molecule has 0 aliphatic heterocycles. The summed E-state index contributed by atoms with van der Waals surface area (Å²) in [5.74, 6) is -0.370. The van der Waals surface area contributed by atoms with Crippen LogP contribution < -0.4 is 10.3 Å². The molecule has 0 bridgehead atoms. The van der Waals surface area contributed by atoms with Crippen molar-refractivity contribution >= 4 is 12.1 Å². The quantitative estimate of drug-likeness (QED) is 0.646. The van der Waals surface area contributed by atoms with Crippen LogP contribution in [-0.2, 0) is 9.53 Å². The monoisotopic (exact) mass is 267 g/mol. The number of carboxylic acid groups (broad SMARTS) is 1. The van der Waals surface area contributed by atoms with Crippen molar-refractivity contribution in [2.24, 2.45) is 0 Å². The van der Waals surface area contributed by atoms with Crippen molar-refractivity contribution in [2.75, 3.05) is 6.61 Å². The van der Waals surface area contributed by atoms with E-state index in [9.17, 15) is 9.59 Å². The summed E-state index contributed by atoms with van der Waals surface area (Å²) in [6.07, 6.45) is -0.591. The Labute approximate surface area is 111 Å². The van der Waals surface area contributed by atoms with Gasteiger partial charge in [-0.3, -0.25) is 0 Å². The standard InChI is InChI=1S/C9H11NO3.C4H6O2/c1-2-12-9(11)10-13-8-6-4-3-5-7-8;1-3(2)4(5)6/h3-7H,2H2,1H3,(H,10,11);1H2,2H3,(H,5,6). The predicted octanol–water partition coefficient (Wildman–Crippen LogP) is 2.37. The molecule has 0 aliphatic rings. The maximum Gasteiger partial charge on any atom is 0.440 e. The number of para-hydroxylation sites is 1. The average molecular weight is 267 g/mol. The number of amides is 1. The molecule has 6 nitrogen and oxygen atoms in total. The molecule has 0 heterocycles. The normalized spacial score (nSPS) is 8.53. The molecule has 1 rings (SSSR count). The van der Waals surface area contributed by atoms with Gasteiger partial charge in [-0.1, -0.05) is 24.8 Å². The number of aliphatic carboxylic acids is 1. The van der Waals surface area contributed by atoms with Crippen molar-refractivity contribution in [3.8, 4) is 5.75 Å². The van der Waals surface area contributed by atoms with E-state index in [4.69, 9.17) is 9.94 Å². The summed E-state index contributed by atoms with van der Waals surface area (Å²) in [6, 6.07) is 8.93. The Hall–Kier alpha value is -2.50. The summed E-state index contributed by atoms with van der Waals surface area (Å²) in [5, 5.41) is 7.89. The van der Waals surface area contributed by atoms with Crippen LogP contribution in [-0.4, -0.2) is 23.8 Å². The number of carbonyl (C=O) groups is 2. The molecule has 1 amide bonds. The van der Waals surface area contributed by atoms with E-state index in [-0.39, 0.29) is 5.57 Å². The molecule has 0 radical (unpaired) electrons. The molecule has 0 unspecified atom stereocenters. The number of hydrogen-bond donors (Lipinski definition) is 2. The van der Waals surface area contributed by atoms with Gasteiger partial charge in [0.05, 0.1) is 6.61 Å². The van der Waals surface area contributed by atoms with Crippen LogP contribution >= 0.6 is 0 Å². The van der Waals surface area contributed by atoms with E-state index in [2.05, 4.69) is 16.8 Å². The lowest BCUT2D eigenvalue weighted by atomic mass is 10.3. The second kappa shape index (κ2) is 9.52. The molecule has 2 N–H and O–H groups in total. The molecule has 6 heteroatoms.